The van der Waals surface area contributed by atoms with Crippen molar-refractivity contribution in [2.75, 3.05) is 20.2 Å². The van der Waals surface area contributed by atoms with Crippen LogP contribution in [0.15, 0.2) is 29.2 Å². The second-order valence-corrected chi connectivity index (χ2v) is 9.09. The molecule has 0 radical (unpaired) electrons. The summed E-state index contributed by atoms with van der Waals surface area (Å²) in [7, 11) is -2.51. The number of sulfonamides is 1. The quantitative estimate of drug-likeness (QED) is 0.480. The molecule has 156 valence electrons. The van der Waals surface area contributed by atoms with Gasteiger partial charge in [0.05, 0.1) is 12.0 Å². The third-order valence-corrected chi connectivity index (χ3v) is 6.94. The van der Waals surface area contributed by atoms with E-state index in [1.54, 1.807) is 0 Å². The minimum atomic E-state index is -3.85. The predicted octanol–water partition coefficient (Wildman–Crippen LogP) is 2.73. The first kappa shape index (κ1) is 22.6. The van der Waals surface area contributed by atoms with Gasteiger partial charge in [0.1, 0.15) is 6.04 Å². The number of benzene rings is 1. The van der Waals surface area contributed by atoms with Crippen LogP contribution in [0.4, 0.5) is 0 Å². The van der Waals surface area contributed by atoms with Crippen molar-refractivity contribution in [2.45, 2.75) is 55.9 Å². The minimum absolute atomic E-state index is 0.114. The number of hydrogen-bond donors (Lipinski definition) is 1. The highest BCUT2D eigenvalue weighted by atomic mass is 35.5. The highest BCUT2D eigenvalue weighted by Crippen LogP contribution is 2.24. The molecule has 1 aromatic rings. The minimum Gasteiger partial charge on any atom is -0.469 e. The fraction of sp³-hybridized carbons (Fsp3) is 0.579. The van der Waals surface area contributed by atoms with Crippen molar-refractivity contribution in [3.63, 3.8) is 0 Å². The van der Waals surface area contributed by atoms with Gasteiger partial charge in [-0.05, 0) is 56.4 Å². The van der Waals surface area contributed by atoms with Crippen LogP contribution in [0.2, 0.25) is 5.02 Å². The van der Waals surface area contributed by atoms with Crippen molar-refractivity contribution < 1.29 is 22.7 Å². The second-order valence-electron chi connectivity index (χ2n) is 6.76. The summed E-state index contributed by atoms with van der Waals surface area (Å²) in [5, 5.41) is 3.25. The molecule has 1 saturated heterocycles. The van der Waals surface area contributed by atoms with Crippen LogP contribution in [0.5, 0.6) is 0 Å². The number of amides is 1. The van der Waals surface area contributed by atoms with Gasteiger partial charge in [0.25, 0.3) is 0 Å². The van der Waals surface area contributed by atoms with E-state index in [2.05, 4.69) is 10.1 Å². The van der Waals surface area contributed by atoms with Crippen molar-refractivity contribution in [3.05, 3.63) is 29.3 Å². The first-order valence-electron chi connectivity index (χ1n) is 9.48. The number of esters is 1. The Morgan fingerprint density at radius 2 is 1.93 bits per heavy atom. The van der Waals surface area contributed by atoms with E-state index < -0.39 is 16.1 Å². The van der Waals surface area contributed by atoms with E-state index >= 15 is 0 Å². The summed E-state index contributed by atoms with van der Waals surface area (Å²) in [5.41, 5.74) is 0. The fourth-order valence-corrected chi connectivity index (χ4v) is 4.98. The van der Waals surface area contributed by atoms with Gasteiger partial charge >= 0.3 is 5.97 Å². The van der Waals surface area contributed by atoms with Gasteiger partial charge in [-0.3, -0.25) is 9.59 Å². The molecule has 1 aliphatic rings. The zero-order valence-corrected chi connectivity index (χ0v) is 17.6. The van der Waals surface area contributed by atoms with Crippen molar-refractivity contribution in [2.24, 2.45) is 0 Å². The summed E-state index contributed by atoms with van der Waals surface area (Å²) in [6.45, 7) is 0.771. The van der Waals surface area contributed by atoms with Crippen molar-refractivity contribution in [1.82, 2.24) is 9.62 Å². The van der Waals surface area contributed by atoms with Crippen LogP contribution >= 0.6 is 11.6 Å². The summed E-state index contributed by atoms with van der Waals surface area (Å²) < 4.78 is 32.4. The maximum Gasteiger partial charge on any atom is 0.305 e. The Morgan fingerprint density at radius 3 is 2.61 bits per heavy atom. The summed E-state index contributed by atoms with van der Waals surface area (Å²) in [4.78, 5) is 23.8. The van der Waals surface area contributed by atoms with Crippen LogP contribution in [0.25, 0.3) is 0 Å². The maximum absolute atomic E-state index is 13.2. The van der Waals surface area contributed by atoms with Crippen molar-refractivity contribution in [1.29, 1.82) is 0 Å². The number of methoxy groups -OCH3 is 1. The number of unbranched alkanes of at least 4 members (excludes halogenated alkanes) is 2. The molecule has 1 unspecified atom stereocenters. The van der Waals surface area contributed by atoms with Gasteiger partial charge in [0, 0.05) is 24.5 Å². The number of carbonyl (C=O) groups excluding carboxylic acids is 2. The molecule has 1 N–H and O–H groups in total. The first-order chi connectivity index (χ1) is 13.4. The molecular formula is C19H27ClN2O5S. The Morgan fingerprint density at radius 1 is 1.21 bits per heavy atom. The molecular weight excluding hydrogens is 404 g/mol. The Hall–Kier alpha value is -1.64. The number of hydrogen-bond acceptors (Lipinski definition) is 5. The summed E-state index contributed by atoms with van der Waals surface area (Å²) in [6, 6.07) is 5.23. The highest BCUT2D eigenvalue weighted by Gasteiger charge is 2.36. The molecule has 0 spiro atoms. The smallest absolute Gasteiger partial charge is 0.305 e. The van der Waals surface area contributed by atoms with Crippen LogP contribution in [0.1, 0.15) is 44.9 Å². The molecule has 1 atom stereocenters. The van der Waals surface area contributed by atoms with Gasteiger partial charge in [0.15, 0.2) is 0 Å². The SMILES string of the molecule is COC(=O)CCCCCN(C1CCCCNC1=O)S(=O)(=O)c1ccc(Cl)cc1. The molecule has 0 bridgehead atoms. The van der Waals surface area contributed by atoms with E-state index in [-0.39, 0.29) is 23.3 Å². The highest BCUT2D eigenvalue weighted by molar-refractivity contribution is 7.89. The molecule has 1 aliphatic heterocycles. The lowest BCUT2D eigenvalue weighted by atomic mass is 10.1. The number of nitrogens with one attached hydrogen (secondary N) is 1. The van der Waals surface area contributed by atoms with Gasteiger partial charge < -0.3 is 10.1 Å². The zero-order chi connectivity index (χ0) is 20.6. The van der Waals surface area contributed by atoms with Crippen LogP contribution < -0.4 is 5.32 Å². The standard InChI is InChI=1S/C19H27ClN2O5S/c1-27-18(23)8-3-2-6-14-22(17-7-4-5-13-21-19(17)24)28(25,26)16-11-9-15(20)10-12-16/h9-12,17H,2-8,13-14H2,1H3,(H,21,24). The van der Waals surface area contributed by atoms with Gasteiger partial charge in [-0.1, -0.05) is 18.0 Å². The molecule has 2 rings (SSSR count). The number of nitrogens with zero attached hydrogens (tertiary/aromatic N) is 1. The zero-order valence-electron chi connectivity index (χ0n) is 16.0. The Bertz CT molecular complexity index is 767. The van der Waals surface area contributed by atoms with Crippen molar-refractivity contribution in [3.8, 4) is 0 Å². The van der Waals surface area contributed by atoms with Crippen LogP contribution in [0.3, 0.4) is 0 Å². The number of carbonyl (C=O) groups is 2. The summed E-state index contributed by atoms with van der Waals surface area (Å²) in [6.07, 6.45) is 4.21. The molecule has 1 aromatic carbocycles. The molecule has 0 saturated carbocycles. The van der Waals surface area contributed by atoms with E-state index in [9.17, 15) is 18.0 Å². The molecule has 1 heterocycles. The lowest BCUT2D eigenvalue weighted by molar-refractivity contribution is -0.140. The predicted molar refractivity (Wildman–Crippen MR) is 106 cm³/mol. The lowest BCUT2D eigenvalue weighted by Gasteiger charge is -2.29. The molecule has 28 heavy (non-hydrogen) atoms. The Labute approximate surface area is 171 Å². The molecule has 1 amide bonds. The molecule has 9 heteroatoms. The third kappa shape index (κ3) is 6.18. The van der Waals surface area contributed by atoms with E-state index in [4.69, 9.17) is 11.6 Å². The number of halogens is 1. The molecule has 0 aliphatic carbocycles. The summed E-state index contributed by atoms with van der Waals surface area (Å²) in [5.74, 6) is -0.543. The number of ether oxygens (including phenoxy) is 1. The third-order valence-electron chi connectivity index (χ3n) is 4.76. The van der Waals surface area contributed by atoms with E-state index in [0.29, 0.717) is 43.7 Å². The maximum atomic E-state index is 13.2. The largest absolute Gasteiger partial charge is 0.469 e. The van der Waals surface area contributed by atoms with Crippen LogP contribution in [-0.2, 0) is 24.3 Å². The van der Waals surface area contributed by atoms with Crippen LogP contribution in [-0.4, -0.2) is 50.8 Å². The lowest BCUT2D eigenvalue weighted by Crippen LogP contribution is -2.49. The van der Waals surface area contributed by atoms with Gasteiger partial charge in [-0.15, -0.1) is 0 Å². The van der Waals surface area contributed by atoms with Crippen LogP contribution in [0, 0.1) is 0 Å². The fourth-order valence-electron chi connectivity index (χ4n) is 3.20. The second kappa shape index (κ2) is 10.8. The first-order valence-corrected chi connectivity index (χ1v) is 11.3. The average Bonchev–Trinajstić information content (AvgIpc) is 2.89. The topological polar surface area (TPSA) is 92.8 Å². The Balaban J connectivity index is 2.16. The van der Waals surface area contributed by atoms with Crippen molar-refractivity contribution >= 4 is 33.5 Å². The molecule has 1 fully saturated rings. The van der Waals surface area contributed by atoms with E-state index in [0.717, 1.165) is 12.8 Å². The Kier molecular flexibility index (Phi) is 8.72. The van der Waals surface area contributed by atoms with Gasteiger partial charge in [-0.2, -0.15) is 4.31 Å². The summed E-state index contributed by atoms with van der Waals surface area (Å²) >= 11 is 5.88. The monoisotopic (exact) mass is 430 g/mol. The van der Waals surface area contributed by atoms with Gasteiger partial charge in [0.2, 0.25) is 15.9 Å². The normalized spacial score (nSPS) is 17.8. The number of rotatable bonds is 9. The van der Waals surface area contributed by atoms with Gasteiger partial charge in [-0.25, -0.2) is 8.42 Å². The average molecular weight is 431 g/mol. The van der Waals surface area contributed by atoms with E-state index in [1.165, 1.54) is 35.7 Å². The van der Waals surface area contributed by atoms with E-state index in [1.807, 2.05) is 0 Å². The molecule has 0 aromatic heterocycles. The molecule has 7 nitrogen and oxygen atoms in total.